The first-order valence-electron chi connectivity index (χ1n) is 5.24. The summed E-state index contributed by atoms with van der Waals surface area (Å²) in [7, 11) is 0. The number of nitrogens with one attached hydrogen (secondary N) is 1. The lowest BCUT2D eigenvalue weighted by Crippen LogP contribution is -2.28. The SMILES string of the molecule is CCCNC(C#N)CCSCC(O)CO. The summed E-state index contributed by atoms with van der Waals surface area (Å²) in [5.74, 6) is 1.36. The minimum Gasteiger partial charge on any atom is -0.394 e. The topological polar surface area (TPSA) is 76.3 Å². The molecule has 0 rings (SSSR count). The van der Waals surface area contributed by atoms with Crippen LogP contribution in [-0.4, -0.2) is 47.0 Å². The van der Waals surface area contributed by atoms with Gasteiger partial charge in [0.25, 0.3) is 0 Å². The van der Waals surface area contributed by atoms with E-state index in [0.717, 1.165) is 25.1 Å². The third kappa shape index (κ3) is 8.70. The van der Waals surface area contributed by atoms with Crippen LogP contribution in [0.4, 0.5) is 0 Å². The molecular weight excluding hydrogens is 212 g/mol. The van der Waals surface area contributed by atoms with Crippen molar-refractivity contribution < 1.29 is 10.2 Å². The van der Waals surface area contributed by atoms with E-state index in [2.05, 4.69) is 18.3 Å². The van der Waals surface area contributed by atoms with Crippen molar-refractivity contribution in [2.75, 3.05) is 24.7 Å². The van der Waals surface area contributed by atoms with Gasteiger partial charge in [0, 0.05) is 5.75 Å². The molecule has 0 fully saturated rings. The fourth-order valence-corrected chi connectivity index (χ4v) is 1.95. The Kier molecular flexibility index (Phi) is 10.1. The van der Waals surface area contributed by atoms with E-state index in [4.69, 9.17) is 15.5 Å². The first-order chi connectivity index (χ1) is 7.24. The molecule has 2 atom stereocenters. The summed E-state index contributed by atoms with van der Waals surface area (Å²) in [5, 5.41) is 29.6. The van der Waals surface area contributed by atoms with Crippen molar-refractivity contribution in [3.63, 3.8) is 0 Å². The van der Waals surface area contributed by atoms with E-state index in [1.54, 1.807) is 11.8 Å². The van der Waals surface area contributed by atoms with E-state index in [1.807, 2.05) is 0 Å². The second-order valence-electron chi connectivity index (χ2n) is 3.34. The maximum Gasteiger partial charge on any atom is 0.0960 e. The van der Waals surface area contributed by atoms with Crippen LogP contribution in [0.1, 0.15) is 19.8 Å². The molecule has 88 valence electrons. The van der Waals surface area contributed by atoms with Crippen molar-refractivity contribution in [3.05, 3.63) is 0 Å². The summed E-state index contributed by atoms with van der Waals surface area (Å²) in [6.07, 6.45) is 1.16. The van der Waals surface area contributed by atoms with E-state index < -0.39 is 6.10 Å². The molecule has 0 aromatic carbocycles. The second-order valence-corrected chi connectivity index (χ2v) is 4.49. The zero-order valence-electron chi connectivity index (χ0n) is 9.15. The van der Waals surface area contributed by atoms with Crippen LogP contribution in [0.2, 0.25) is 0 Å². The van der Waals surface area contributed by atoms with Crippen molar-refractivity contribution >= 4 is 11.8 Å². The smallest absolute Gasteiger partial charge is 0.0960 e. The van der Waals surface area contributed by atoms with Crippen LogP contribution < -0.4 is 5.32 Å². The van der Waals surface area contributed by atoms with E-state index >= 15 is 0 Å². The number of aliphatic hydroxyl groups excluding tert-OH is 2. The lowest BCUT2D eigenvalue weighted by atomic mass is 10.2. The van der Waals surface area contributed by atoms with Gasteiger partial charge in [-0.2, -0.15) is 17.0 Å². The van der Waals surface area contributed by atoms with Crippen LogP contribution in [0.15, 0.2) is 0 Å². The average molecular weight is 232 g/mol. The molecule has 2 unspecified atom stereocenters. The minimum atomic E-state index is -0.640. The highest BCUT2D eigenvalue weighted by Crippen LogP contribution is 2.06. The van der Waals surface area contributed by atoms with Gasteiger partial charge >= 0.3 is 0 Å². The van der Waals surface area contributed by atoms with Gasteiger partial charge in [-0.3, -0.25) is 0 Å². The lowest BCUT2D eigenvalue weighted by molar-refractivity contribution is 0.113. The van der Waals surface area contributed by atoms with Crippen LogP contribution in [0.3, 0.4) is 0 Å². The molecular formula is C10H20N2O2S. The maximum atomic E-state index is 9.07. The first kappa shape index (κ1) is 14.7. The molecule has 5 heteroatoms. The zero-order valence-corrected chi connectivity index (χ0v) is 9.96. The molecule has 15 heavy (non-hydrogen) atoms. The van der Waals surface area contributed by atoms with Gasteiger partial charge in [-0.05, 0) is 25.1 Å². The Labute approximate surface area is 95.7 Å². The standard InChI is InChI=1S/C10H20N2O2S/c1-2-4-12-9(6-11)3-5-15-8-10(14)7-13/h9-10,12-14H,2-5,7-8H2,1H3. The fourth-order valence-electron chi connectivity index (χ4n) is 1.00. The van der Waals surface area contributed by atoms with Gasteiger partial charge in [0.15, 0.2) is 0 Å². The third-order valence-electron chi connectivity index (χ3n) is 1.87. The van der Waals surface area contributed by atoms with Crippen LogP contribution in [0.5, 0.6) is 0 Å². The molecule has 0 bridgehead atoms. The number of nitrogens with zero attached hydrogens (tertiary/aromatic N) is 1. The van der Waals surface area contributed by atoms with Gasteiger partial charge in [-0.1, -0.05) is 6.92 Å². The fraction of sp³-hybridized carbons (Fsp3) is 0.900. The van der Waals surface area contributed by atoms with Crippen LogP contribution in [-0.2, 0) is 0 Å². The number of rotatable bonds is 9. The Hall–Kier alpha value is -0.280. The Balaban J connectivity index is 3.43. The van der Waals surface area contributed by atoms with Gasteiger partial charge in [0.2, 0.25) is 0 Å². The molecule has 0 saturated carbocycles. The maximum absolute atomic E-state index is 9.07. The van der Waals surface area contributed by atoms with Gasteiger partial charge in [-0.25, -0.2) is 0 Å². The van der Waals surface area contributed by atoms with E-state index in [1.165, 1.54) is 0 Å². The first-order valence-corrected chi connectivity index (χ1v) is 6.39. The van der Waals surface area contributed by atoms with Gasteiger partial charge in [0.1, 0.15) is 0 Å². The molecule has 0 spiro atoms. The van der Waals surface area contributed by atoms with Gasteiger partial charge in [-0.15, -0.1) is 0 Å². The average Bonchev–Trinajstić information content (AvgIpc) is 2.27. The van der Waals surface area contributed by atoms with Crippen molar-refractivity contribution in [2.45, 2.75) is 31.9 Å². The van der Waals surface area contributed by atoms with E-state index in [-0.39, 0.29) is 12.6 Å². The second kappa shape index (κ2) is 10.2. The Bertz CT molecular complexity index is 185. The highest BCUT2D eigenvalue weighted by Gasteiger charge is 2.06. The quantitative estimate of drug-likeness (QED) is 0.500. The number of nitriles is 1. The predicted molar refractivity (Wildman–Crippen MR) is 62.7 cm³/mol. The molecule has 4 nitrogen and oxygen atoms in total. The number of hydrogen-bond donors (Lipinski definition) is 3. The van der Waals surface area contributed by atoms with Gasteiger partial charge in [0.05, 0.1) is 24.8 Å². The van der Waals surface area contributed by atoms with E-state index in [0.29, 0.717) is 5.75 Å². The molecule has 0 aromatic rings. The van der Waals surface area contributed by atoms with Crippen molar-refractivity contribution in [3.8, 4) is 6.07 Å². The highest BCUT2D eigenvalue weighted by molar-refractivity contribution is 7.99. The van der Waals surface area contributed by atoms with Crippen LogP contribution in [0, 0.1) is 11.3 Å². The predicted octanol–water partition coefficient (Wildman–Crippen LogP) is 0.355. The molecule has 0 saturated heterocycles. The molecule has 0 radical (unpaired) electrons. The molecule has 3 N–H and O–H groups in total. The summed E-state index contributed by atoms with van der Waals surface area (Å²) in [4.78, 5) is 0. The molecule has 0 amide bonds. The molecule has 0 aromatic heterocycles. The monoisotopic (exact) mass is 232 g/mol. The van der Waals surface area contributed by atoms with Crippen molar-refractivity contribution in [2.24, 2.45) is 0 Å². The van der Waals surface area contributed by atoms with Crippen molar-refractivity contribution in [1.29, 1.82) is 5.26 Å². The summed E-state index contributed by atoms with van der Waals surface area (Å²) < 4.78 is 0. The van der Waals surface area contributed by atoms with Crippen LogP contribution in [0.25, 0.3) is 0 Å². The van der Waals surface area contributed by atoms with Gasteiger partial charge < -0.3 is 15.5 Å². The highest BCUT2D eigenvalue weighted by atomic mass is 32.2. The summed E-state index contributed by atoms with van der Waals surface area (Å²) in [6.45, 7) is 2.73. The number of thioether (sulfide) groups is 1. The number of aliphatic hydroxyl groups is 2. The molecule has 0 aliphatic heterocycles. The Morgan fingerprint density at radius 3 is 2.80 bits per heavy atom. The minimum absolute atomic E-state index is 0.0938. The van der Waals surface area contributed by atoms with Crippen LogP contribution >= 0.6 is 11.8 Å². The molecule has 0 aliphatic carbocycles. The Morgan fingerprint density at radius 2 is 2.27 bits per heavy atom. The Morgan fingerprint density at radius 1 is 1.53 bits per heavy atom. The third-order valence-corrected chi connectivity index (χ3v) is 3.01. The summed E-state index contributed by atoms with van der Waals surface area (Å²) in [5.41, 5.74) is 0. The number of hydrogen-bond acceptors (Lipinski definition) is 5. The molecule has 0 aliphatic rings. The normalized spacial score (nSPS) is 14.5. The largest absolute Gasteiger partial charge is 0.394 e. The van der Waals surface area contributed by atoms with E-state index in [9.17, 15) is 0 Å². The summed E-state index contributed by atoms with van der Waals surface area (Å²) >= 11 is 1.56. The zero-order chi connectivity index (χ0) is 11.5. The molecule has 0 heterocycles. The summed E-state index contributed by atoms with van der Waals surface area (Å²) in [6, 6.07) is 2.11. The lowest BCUT2D eigenvalue weighted by Gasteiger charge is -2.11. The van der Waals surface area contributed by atoms with Crippen molar-refractivity contribution in [1.82, 2.24) is 5.32 Å².